The molecule has 0 aliphatic carbocycles. The van der Waals surface area contributed by atoms with E-state index in [0.29, 0.717) is 30.0 Å². The maximum atomic E-state index is 12.7. The number of benzene rings is 1. The molecular weight excluding hydrogens is 356 g/mol. The third-order valence-corrected chi connectivity index (χ3v) is 6.12. The van der Waals surface area contributed by atoms with Gasteiger partial charge >= 0.3 is 5.97 Å². The molecule has 1 aromatic rings. The number of anilines is 1. The average Bonchev–Trinajstić information content (AvgIpc) is 2.67. The summed E-state index contributed by atoms with van der Waals surface area (Å²) in [5, 5.41) is 12.3. The molecule has 1 heterocycles. The van der Waals surface area contributed by atoms with Gasteiger partial charge < -0.3 is 15.3 Å². The number of amides is 2. The van der Waals surface area contributed by atoms with Gasteiger partial charge in [-0.15, -0.1) is 0 Å². The van der Waals surface area contributed by atoms with Crippen molar-refractivity contribution in [2.75, 3.05) is 18.4 Å². The van der Waals surface area contributed by atoms with E-state index in [9.17, 15) is 19.5 Å². The number of aryl methyl sites for hydroxylation is 1. The smallest absolute Gasteiger partial charge is 0.310 e. The summed E-state index contributed by atoms with van der Waals surface area (Å²) in [7, 11) is 0. The largest absolute Gasteiger partial charge is 0.481 e. The first-order chi connectivity index (χ1) is 13.2. The maximum absolute atomic E-state index is 12.7. The molecule has 1 aliphatic heterocycles. The molecule has 6 heteroatoms. The van der Waals surface area contributed by atoms with Crippen LogP contribution in [0.5, 0.6) is 0 Å². The highest BCUT2D eigenvalue weighted by Crippen LogP contribution is 2.31. The third-order valence-electron chi connectivity index (χ3n) is 6.12. The Hall–Kier alpha value is -2.37. The molecule has 2 rings (SSSR count). The van der Waals surface area contributed by atoms with Crippen LogP contribution in [0.2, 0.25) is 0 Å². The second kappa shape index (κ2) is 9.22. The zero-order valence-corrected chi connectivity index (χ0v) is 17.4. The van der Waals surface area contributed by atoms with Gasteiger partial charge in [0.25, 0.3) is 5.91 Å². The number of nitrogens with zero attached hydrogens (tertiary/aromatic N) is 1. The molecule has 0 aromatic heterocycles. The fourth-order valence-corrected chi connectivity index (χ4v) is 3.71. The number of carboxylic acid groups (broad SMARTS) is 1. The van der Waals surface area contributed by atoms with Crippen LogP contribution in [-0.2, 0) is 9.59 Å². The minimum absolute atomic E-state index is 0.0229. The highest BCUT2D eigenvalue weighted by molar-refractivity contribution is 5.97. The summed E-state index contributed by atoms with van der Waals surface area (Å²) in [4.78, 5) is 38.6. The summed E-state index contributed by atoms with van der Waals surface area (Å²) < 4.78 is 0. The number of likely N-dealkylation sites (tertiary alicyclic amines) is 1. The first kappa shape index (κ1) is 21.9. The Morgan fingerprint density at radius 2 is 1.79 bits per heavy atom. The van der Waals surface area contributed by atoms with Gasteiger partial charge in [-0.05, 0) is 62.3 Å². The van der Waals surface area contributed by atoms with E-state index in [2.05, 4.69) is 12.2 Å². The van der Waals surface area contributed by atoms with E-state index in [4.69, 9.17) is 0 Å². The van der Waals surface area contributed by atoms with Gasteiger partial charge in [-0.2, -0.15) is 0 Å². The molecule has 28 heavy (non-hydrogen) atoms. The number of nitrogens with one attached hydrogen (secondary N) is 1. The minimum Gasteiger partial charge on any atom is -0.481 e. The highest BCUT2D eigenvalue weighted by atomic mass is 16.4. The van der Waals surface area contributed by atoms with Gasteiger partial charge in [0, 0.05) is 30.8 Å². The van der Waals surface area contributed by atoms with E-state index < -0.39 is 11.4 Å². The van der Waals surface area contributed by atoms with Crippen molar-refractivity contribution in [2.24, 2.45) is 11.3 Å². The second-order valence-corrected chi connectivity index (χ2v) is 8.02. The molecule has 1 aromatic carbocycles. The van der Waals surface area contributed by atoms with Crippen LogP contribution in [0.4, 0.5) is 5.69 Å². The molecular formula is C22H32N2O4. The Labute approximate surface area is 167 Å². The molecule has 154 valence electrons. The van der Waals surface area contributed by atoms with Crippen molar-refractivity contribution < 1.29 is 19.5 Å². The number of piperidine rings is 1. The maximum Gasteiger partial charge on any atom is 0.310 e. The zero-order chi connectivity index (χ0) is 20.9. The Bertz CT molecular complexity index is 732. The van der Waals surface area contributed by atoms with Gasteiger partial charge in [0.05, 0.1) is 5.41 Å². The number of carbonyl (C=O) groups is 3. The Balaban J connectivity index is 2.07. The average molecular weight is 389 g/mol. The predicted octanol–water partition coefficient (Wildman–Crippen LogP) is 4.09. The topological polar surface area (TPSA) is 86.7 Å². The quantitative estimate of drug-likeness (QED) is 0.737. The van der Waals surface area contributed by atoms with E-state index in [-0.39, 0.29) is 18.2 Å². The van der Waals surface area contributed by atoms with Crippen molar-refractivity contribution in [2.45, 2.75) is 59.8 Å². The molecule has 0 spiro atoms. The molecule has 0 atom stereocenters. The fraction of sp³-hybridized carbons (Fsp3) is 0.591. The Kier molecular flexibility index (Phi) is 7.22. The van der Waals surface area contributed by atoms with Crippen LogP contribution in [0.25, 0.3) is 0 Å². The van der Waals surface area contributed by atoms with Crippen LogP contribution >= 0.6 is 0 Å². The summed E-state index contributed by atoms with van der Waals surface area (Å²) in [6.45, 7) is 9.19. The summed E-state index contributed by atoms with van der Waals surface area (Å²) in [5.74, 6) is -0.582. The van der Waals surface area contributed by atoms with Crippen LogP contribution in [-0.4, -0.2) is 40.9 Å². The monoisotopic (exact) mass is 388 g/mol. The molecule has 0 bridgehead atoms. The number of aliphatic carboxylic acids is 1. The van der Waals surface area contributed by atoms with Crippen LogP contribution in [0.15, 0.2) is 18.2 Å². The lowest BCUT2D eigenvalue weighted by Gasteiger charge is -2.30. The number of carbonyl (C=O) groups excluding carboxylic acids is 2. The summed E-state index contributed by atoms with van der Waals surface area (Å²) in [6, 6.07) is 5.25. The molecule has 0 radical (unpaired) electrons. The first-order valence-corrected chi connectivity index (χ1v) is 10.2. The van der Waals surface area contributed by atoms with Crippen molar-refractivity contribution in [1.82, 2.24) is 4.90 Å². The van der Waals surface area contributed by atoms with Crippen LogP contribution in [0.1, 0.15) is 68.8 Å². The molecule has 1 saturated heterocycles. The van der Waals surface area contributed by atoms with E-state index in [1.54, 1.807) is 32.0 Å². The SMILES string of the molecule is CCC(CC)(CC(=O)Nc1ccc(C(=O)N2CCC(C)CC2)cc1C)C(=O)O. The zero-order valence-electron chi connectivity index (χ0n) is 17.4. The molecule has 1 aliphatic rings. The van der Waals surface area contributed by atoms with Crippen molar-refractivity contribution in [3.05, 3.63) is 29.3 Å². The standard InChI is InChI=1S/C22H32N2O4/c1-5-22(6-2,21(27)28)14-19(25)23-18-8-7-17(13-16(18)4)20(26)24-11-9-15(3)10-12-24/h7-8,13,15H,5-6,9-12,14H2,1-4H3,(H,23,25)(H,27,28). The van der Waals surface area contributed by atoms with E-state index in [0.717, 1.165) is 31.5 Å². The summed E-state index contributed by atoms with van der Waals surface area (Å²) in [6.07, 6.45) is 2.78. The lowest BCUT2D eigenvalue weighted by Crippen LogP contribution is -2.38. The van der Waals surface area contributed by atoms with Gasteiger partial charge in [0.2, 0.25) is 5.91 Å². The Morgan fingerprint density at radius 3 is 2.29 bits per heavy atom. The number of rotatable bonds is 7. The molecule has 1 fully saturated rings. The van der Waals surface area contributed by atoms with Gasteiger partial charge in [-0.3, -0.25) is 14.4 Å². The highest BCUT2D eigenvalue weighted by Gasteiger charge is 2.37. The normalized spacial score (nSPS) is 15.4. The molecule has 2 amide bonds. The van der Waals surface area contributed by atoms with E-state index >= 15 is 0 Å². The predicted molar refractivity (Wildman–Crippen MR) is 109 cm³/mol. The molecule has 2 N–H and O–H groups in total. The Morgan fingerprint density at radius 1 is 1.18 bits per heavy atom. The number of hydrogen-bond acceptors (Lipinski definition) is 3. The van der Waals surface area contributed by atoms with Gasteiger partial charge in [0.15, 0.2) is 0 Å². The third kappa shape index (κ3) is 4.91. The summed E-state index contributed by atoms with van der Waals surface area (Å²) in [5.41, 5.74) is 0.977. The molecule has 6 nitrogen and oxygen atoms in total. The first-order valence-electron chi connectivity index (χ1n) is 10.2. The van der Waals surface area contributed by atoms with E-state index in [1.807, 2.05) is 11.8 Å². The fourth-order valence-electron chi connectivity index (χ4n) is 3.71. The minimum atomic E-state index is -1.04. The lowest BCUT2D eigenvalue weighted by atomic mass is 9.79. The van der Waals surface area contributed by atoms with Crippen molar-refractivity contribution in [3.63, 3.8) is 0 Å². The van der Waals surface area contributed by atoms with Gasteiger partial charge in [-0.1, -0.05) is 20.8 Å². The van der Waals surface area contributed by atoms with Crippen molar-refractivity contribution in [1.29, 1.82) is 0 Å². The molecule has 0 unspecified atom stereocenters. The van der Waals surface area contributed by atoms with E-state index in [1.165, 1.54) is 0 Å². The molecule has 0 saturated carbocycles. The number of hydrogen-bond donors (Lipinski definition) is 2. The van der Waals surface area contributed by atoms with Crippen molar-refractivity contribution in [3.8, 4) is 0 Å². The van der Waals surface area contributed by atoms with Gasteiger partial charge in [-0.25, -0.2) is 0 Å². The van der Waals surface area contributed by atoms with Crippen molar-refractivity contribution >= 4 is 23.5 Å². The number of carboxylic acids is 1. The van der Waals surface area contributed by atoms with Gasteiger partial charge in [0.1, 0.15) is 0 Å². The lowest BCUT2D eigenvalue weighted by molar-refractivity contribution is -0.151. The van der Waals surface area contributed by atoms with Crippen LogP contribution in [0, 0.1) is 18.3 Å². The summed E-state index contributed by atoms with van der Waals surface area (Å²) >= 11 is 0. The van der Waals surface area contributed by atoms with Crippen LogP contribution < -0.4 is 5.32 Å². The van der Waals surface area contributed by atoms with Crippen LogP contribution in [0.3, 0.4) is 0 Å². The second-order valence-electron chi connectivity index (χ2n) is 8.02.